The molecule has 0 amide bonds. The molecule has 37 heavy (non-hydrogen) atoms. The Morgan fingerprint density at radius 2 is 1.95 bits per heavy atom. The molecule has 0 heterocycles. The molecule has 0 aliphatic heterocycles. The number of nitrogens with one attached hydrogen (secondary N) is 1. The van der Waals surface area contributed by atoms with Crippen molar-refractivity contribution >= 4 is 16.0 Å². The summed E-state index contributed by atoms with van der Waals surface area (Å²) in [6, 6.07) is 5.26. The number of hydrogen-bond acceptors (Lipinski definition) is 4. The number of hydrogen-bond donors (Lipinski definition) is 4. The van der Waals surface area contributed by atoms with Crippen molar-refractivity contribution in [2.45, 2.75) is 95.4 Å². The highest BCUT2D eigenvalue weighted by Crippen LogP contribution is 2.71. The van der Waals surface area contributed by atoms with Crippen LogP contribution in [0.3, 0.4) is 0 Å². The van der Waals surface area contributed by atoms with Gasteiger partial charge in [-0.2, -0.15) is 21.6 Å². The topological polar surface area (TPSA) is 107 Å². The Kier molecular flexibility index (Phi) is 7.32. The lowest BCUT2D eigenvalue weighted by Gasteiger charge is -2.61. The van der Waals surface area contributed by atoms with Crippen LogP contribution in [0.15, 0.2) is 30.9 Å². The highest BCUT2D eigenvalue weighted by molar-refractivity contribution is 7.87. The number of rotatable bonds is 8. The number of anilines is 1. The minimum atomic E-state index is -4.62. The lowest BCUT2D eigenvalue weighted by molar-refractivity contribution is -0.205. The lowest BCUT2D eigenvalue weighted by Crippen LogP contribution is -2.57. The van der Waals surface area contributed by atoms with Crippen LogP contribution in [-0.2, 0) is 16.7 Å². The van der Waals surface area contributed by atoms with Crippen LogP contribution in [0.5, 0.6) is 0 Å². The van der Waals surface area contributed by atoms with Crippen LogP contribution in [0.1, 0.15) is 82.3 Å². The van der Waals surface area contributed by atoms with Crippen LogP contribution in [0.25, 0.3) is 0 Å². The average molecular weight is 546 g/mol. The van der Waals surface area contributed by atoms with E-state index in [0.29, 0.717) is 25.7 Å². The number of alkyl halides is 3. The monoisotopic (exact) mass is 545 g/mol. The van der Waals surface area contributed by atoms with Crippen LogP contribution >= 0.6 is 0 Å². The molecule has 3 aliphatic carbocycles. The zero-order valence-electron chi connectivity index (χ0n) is 21.4. The number of fused-ring (bicyclic) bond motifs is 5. The number of halogens is 3. The summed E-state index contributed by atoms with van der Waals surface area (Å²) in [5.41, 5.74) is 0.761. The van der Waals surface area contributed by atoms with Crippen LogP contribution in [0.2, 0.25) is 0 Å². The molecule has 2 fully saturated rings. The SMILES string of the molecule is C=CC12CCc3cc(NS(=O)(=O)O)ccc3C1[C@@H](CCCCC(O)C(F)(F)F)C[C@@]1(C)C2CC[C@]1(C)O. The van der Waals surface area contributed by atoms with Crippen molar-refractivity contribution in [3.63, 3.8) is 0 Å². The molecule has 4 rings (SSSR count). The van der Waals surface area contributed by atoms with Gasteiger partial charge in [0.25, 0.3) is 0 Å². The normalized spacial score (nSPS) is 36.3. The minimum Gasteiger partial charge on any atom is -0.390 e. The van der Waals surface area contributed by atoms with E-state index < -0.39 is 28.2 Å². The smallest absolute Gasteiger partial charge is 0.390 e. The molecule has 0 saturated heterocycles. The quantitative estimate of drug-likeness (QED) is 0.188. The van der Waals surface area contributed by atoms with Crippen molar-refractivity contribution < 1.29 is 36.4 Å². The molecule has 2 saturated carbocycles. The Labute approximate surface area is 217 Å². The van der Waals surface area contributed by atoms with Crippen molar-refractivity contribution in [2.24, 2.45) is 22.7 Å². The van der Waals surface area contributed by atoms with Crippen molar-refractivity contribution in [3.05, 3.63) is 42.0 Å². The maximum absolute atomic E-state index is 12.8. The second-order valence-electron chi connectivity index (χ2n) is 11.9. The Balaban J connectivity index is 1.69. The van der Waals surface area contributed by atoms with Gasteiger partial charge in [-0.3, -0.25) is 9.27 Å². The second kappa shape index (κ2) is 9.54. The molecule has 0 aromatic heterocycles. The number of aliphatic hydroxyl groups excluding tert-OH is 1. The van der Waals surface area contributed by atoms with Gasteiger partial charge in [-0.15, -0.1) is 6.58 Å². The first-order valence-corrected chi connectivity index (χ1v) is 14.5. The van der Waals surface area contributed by atoms with E-state index in [-0.39, 0.29) is 47.1 Å². The molecule has 0 radical (unpaired) electrons. The van der Waals surface area contributed by atoms with Crippen LogP contribution in [-0.4, -0.2) is 41.1 Å². The van der Waals surface area contributed by atoms with E-state index in [2.05, 4.69) is 18.2 Å². The maximum Gasteiger partial charge on any atom is 0.414 e. The Hall–Kier alpha value is -1.62. The van der Waals surface area contributed by atoms with Gasteiger partial charge >= 0.3 is 16.5 Å². The minimum absolute atomic E-state index is 0.0213. The number of allylic oxidation sites excluding steroid dienone is 1. The molecule has 7 atom stereocenters. The molecule has 6 nitrogen and oxygen atoms in total. The van der Waals surface area contributed by atoms with Gasteiger partial charge in [0.1, 0.15) is 6.10 Å². The summed E-state index contributed by atoms with van der Waals surface area (Å²) in [6.45, 7) is 8.29. The second-order valence-corrected chi connectivity index (χ2v) is 13.0. The largest absolute Gasteiger partial charge is 0.414 e. The van der Waals surface area contributed by atoms with Gasteiger partial charge in [0.05, 0.1) is 11.3 Å². The lowest BCUT2D eigenvalue weighted by atomic mass is 9.43. The van der Waals surface area contributed by atoms with Crippen molar-refractivity contribution in [1.82, 2.24) is 0 Å². The third-order valence-electron chi connectivity index (χ3n) is 9.92. The predicted molar refractivity (Wildman–Crippen MR) is 135 cm³/mol. The molecule has 0 spiro atoms. The fourth-order valence-electron chi connectivity index (χ4n) is 8.06. The van der Waals surface area contributed by atoms with E-state index in [1.165, 1.54) is 0 Å². The number of aliphatic hydroxyl groups is 2. The van der Waals surface area contributed by atoms with E-state index >= 15 is 0 Å². The molecular weight excluding hydrogens is 507 g/mol. The van der Waals surface area contributed by atoms with Crippen molar-refractivity contribution in [2.75, 3.05) is 4.72 Å². The number of aryl methyl sites for hydroxylation is 1. The highest BCUT2D eigenvalue weighted by Gasteiger charge is 2.66. The molecule has 4 unspecified atom stereocenters. The van der Waals surface area contributed by atoms with Gasteiger partial charge < -0.3 is 10.2 Å². The summed E-state index contributed by atoms with van der Waals surface area (Å²) in [5.74, 6) is 0.268. The first-order chi connectivity index (χ1) is 17.0. The summed E-state index contributed by atoms with van der Waals surface area (Å²) >= 11 is 0. The zero-order valence-corrected chi connectivity index (χ0v) is 22.2. The zero-order chi connectivity index (χ0) is 27.4. The predicted octanol–water partition coefficient (Wildman–Crippen LogP) is 5.77. The third-order valence-corrected chi connectivity index (χ3v) is 10.4. The first-order valence-electron chi connectivity index (χ1n) is 13.0. The average Bonchev–Trinajstić information content (AvgIpc) is 3.03. The summed E-state index contributed by atoms with van der Waals surface area (Å²) in [6.07, 6.45) is -0.157. The van der Waals surface area contributed by atoms with E-state index in [4.69, 9.17) is 0 Å². The molecule has 4 N–H and O–H groups in total. The number of unbranched alkanes of at least 4 members (excludes halogenated alkanes) is 1. The summed E-state index contributed by atoms with van der Waals surface area (Å²) in [4.78, 5) is 0. The Morgan fingerprint density at radius 1 is 1.24 bits per heavy atom. The standard InChI is InChI=1S/C27H38F3NO5S/c1-4-26-14-11-17-15-19(31-37(34,35)36)9-10-20(17)23(26)18(7-5-6-8-22(32)27(28,29)30)16-24(2)21(26)12-13-25(24,3)33/h4,9-10,15,18,21-23,31-33H,1,5-8,11-14,16H2,2-3H3,(H,34,35,36)/t18-,21?,22?,23?,24-,25-,26?/m0/s1. The Bertz CT molecular complexity index is 1140. The van der Waals surface area contributed by atoms with Crippen LogP contribution in [0, 0.1) is 22.7 Å². The van der Waals surface area contributed by atoms with Crippen LogP contribution < -0.4 is 4.72 Å². The molecule has 1 aromatic rings. The fraction of sp³-hybridized carbons (Fsp3) is 0.704. The van der Waals surface area contributed by atoms with Gasteiger partial charge in [-0.05, 0) is 104 Å². The molecule has 10 heteroatoms. The third kappa shape index (κ3) is 5.06. The molecular formula is C27H38F3NO5S. The summed E-state index contributed by atoms with van der Waals surface area (Å²) in [7, 11) is -4.41. The fourth-order valence-corrected chi connectivity index (χ4v) is 8.48. The molecule has 208 valence electrons. The number of benzene rings is 1. The molecule has 3 aliphatic rings. The highest BCUT2D eigenvalue weighted by atomic mass is 32.2. The van der Waals surface area contributed by atoms with E-state index in [1.54, 1.807) is 12.1 Å². The van der Waals surface area contributed by atoms with Crippen molar-refractivity contribution in [1.29, 1.82) is 0 Å². The van der Waals surface area contributed by atoms with Gasteiger partial charge in [-0.1, -0.05) is 31.9 Å². The van der Waals surface area contributed by atoms with E-state index in [9.17, 15) is 36.4 Å². The molecule has 1 aromatic carbocycles. The Morgan fingerprint density at radius 3 is 2.57 bits per heavy atom. The van der Waals surface area contributed by atoms with E-state index in [0.717, 1.165) is 30.4 Å². The summed E-state index contributed by atoms with van der Waals surface area (Å²) in [5, 5.41) is 20.9. The first kappa shape index (κ1) is 28.4. The molecule has 0 bridgehead atoms. The summed E-state index contributed by atoms with van der Waals surface area (Å²) < 4.78 is 72.4. The van der Waals surface area contributed by atoms with Gasteiger partial charge in [0.2, 0.25) is 0 Å². The van der Waals surface area contributed by atoms with Gasteiger partial charge in [0, 0.05) is 0 Å². The van der Waals surface area contributed by atoms with Crippen molar-refractivity contribution in [3.8, 4) is 0 Å². The van der Waals surface area contributed by atoms with E-state index in [1.807, 2.05) is 19.1 Å². The van der Waals surface area contributed by atoms with Gasteiger partial charge in [0.15, 0.2) is 0 Å². The maximum atomic E-state index is 12.8. The van der Waals surface area contributed by atoms with Gasteiger partial charge in [-0.25, -0.2) is 0 Å². The van der Waals surface area contributed by atoms with Crippen LogP contribution in [0.4, 0.5) is 18.9 Å².